The highest BCUT2D eigenvalue weighted by atomic mass is 32.2. The largest absolute Gasteiger partial charge is 0.340 e. The quantitative estimate of drug-likeness (QED) is 0.601. The fraction of sp³-hybridized carbons (Fsp3) is 0.550. The van der Waals surface area contributed by atoms with E-state index in [-0.39, 0.29) is 12.3 Å². The van der Waals surface area contributed by atoms with Crippen LogP contribution in [0.1, 0.15) is 25.8 Å². The lowest BCUT2D eigenvalue weighted by molar-refractivity contribution is -0.132. The molecule has 1 aromatic heterocycles. The summed E-state index contributed by atoms with van der Waals surface area (Å²) < 4.78 is 30.5. The molecule has 0 aliphatic carbocycles. The molecule has 1 fully saturated rings. The molecule has 1 N–H and O–H groups in total. The van der Waals surface area contributed by atoms with E-state index in [4.69, 9.17) is 12.2 Å². The monoisotopic (exact) mass is 466 g/mol. The van der Waals surface area contributed by atoms with E-state index in [2.05, 4.69) is 10.2 Å². The van der Waals surface area contributed by atoms with Gasteiger partial charge in [0.2, 0.25) is 5.91 Å². The first-order valence-electron chi connectivity index (χ1n) is 10.5. The molecule has 0 saturated carbocycles. The Labute approximate surface area is 188 Å². The van der Waals surface area contributed by atoms with Gasteiger partial charge in [-0.3, -0.25) is 14.5 Å². The van der Waals surface area contributed by atoms with Crippen LogP contribution in [-0.2, 0) is 21.5 Å². The molecule has 1 aliphatic heterocycles. The molecule has 0 spiro atoms. The van der Waals surface area contributed by atoms with Crippen molar-refractivity contribution in [3.8, 4) is 11.4 Å². The van der Waals surface area contributed by atoms with Crippen LogP contribution in [0.25, 0.3) is 11.4 Å². The zero-order valence-corrected chi connectivity index (χ0v) is 19.9. The van der Waals surface area contributed by atoms with Crippen molar-refractivity contribution in [2.75, 3.05) is 39.3 Å². The Kier molecular flexibility index (Phi) is 7.63. The molecule has 3 rings (SSSR count). The van der Waals surface area contributed by atoms with Crippen molar-refractivity contribution in [1.29, 1.82) is 0 Å². The fourth-order valence-corrected chi connectivity index (χ4v) is 5.60. The van der Waals surface area contributed by atoms with E-state index in [1.807, 2.05) is 49.6 Å². The molecule has 2 heterocycles. The predicted octanol–water partition coefficient (Wildman–Crippen LogP) is 2.04. The molecular weight excluding hydrogens is 436 g/mol. The number of aromatic nitrogens is 3. The summed E-state index contributed by atoms with van der Waals surface area (Å²) in [6.45, 7) is 8.35. The molecule has 0 radical (unpaired) electrons. The summed E-state index contributed by atoms with van der Waals surface area (Å²) in [6, 6.07) is 7.97. The van der Waals surface area contributed by atoms with E-state index in [0.29, 0.717) is 56.4 Å². The van der Waals surface area contributed by atoms with Gasteiger partial charge in [-0.15, -0.1) is 0 Å². The molecule has 1 aromatic carbocycles. The molecule has 1 aliphatic rings. The predicted molar refractivity (Wildman–Crippen MR) is 122 cm³/mol. The Hall–Kier alpha value is -2.08. The molecular formula is C20H30N6O3S2. The third-order valence-electron chi connectivity index (χ3n) is 5.53. The maximum absolute atomic E-state index is 12.8. The van der Waals surface area contributed by atoms with Crippen molar-refractivity contribution in [2.45, 2.75) is 33.7 Å². The van der Waals surface area contributed by atoms with E-state index < -0.39 is 10.2 Å². The molecule has 1 amide bonds. The normalized spacial score (nSPS) is 15.5. The van der Waals surface area contributed by atoms with Crippen LogP contribution in [0.15, 0.2) is 24.3 Å². The first-order chi connectivity index (χ1) is 14.8. The van der Waals surface area contributed by atoms with Crippen LogP contribution < -0.4 is 0 Å². The summed E-state index contributed by atoms with van der Waals surface area (Å²) in [7, 11) is -3.47. The number of hydrogen-bond acceptors (Lipinski definition) is 5. The number of carbonyl (C=O) groups is 1. The van der Waals surface area contributed by atoms with Gasteiger partial charge in [0.05, 0.1) is 0 Å². The average Bonchev–Trinajstić information content (AvgIpc) is 3.13. The number of rotatable bonds is 8. The summed E-state index contributed by atoms with van der Waals surface area (Å²) in [5, 5.41) is 7.15. The lowest BCUT2D eigenvalue weighted by atomic mass is 10.1. The number of amides is 1. The minimum Gasteiger partial charge on any atom is -0.340 e. The minimum atomic E-state index is -3.47. The van der Waals surface area contributed by atoms with Crippen LogP contribution in [-0.4, -0.2) is 81.9 Å². The van der Waals surface area contributed by atoms with Gasteiger partial charge in [0.15, 0.2) is 10.6 Å². The molecule has 170 valence electrons. The topological polar surface area (TPSA) is 94.5 Å². The maximum Gasteiger partial charge on any atom is 0.282 e. The van der Waals surface area contributed by atoms with Crippen LogP contribution in [0.4, 0.5) is 0 Å². The van der Waals surface area contributed by atoms with E-state index in [9.17, 15) is 13.2 Å². The zero-order valence-electron chi connectivity index (χ0n) is 18.2. The van der Waals surface area contributed by atoms with Crippen LogP contribution in [0.3, 0.4) is 0 Å². The van der Waals surface area contributed by atoms with Crippen LogP contribution in [0, 0.1) is 11.7 Å². The first kappa shape index (κ1) is 23.6. The van der Waals surface area contributed by atoms with Crippen molar-refractivity contribution in [1.82, 2.24) is 28.3 Å². The lowest BCUT2D eigenvalue weighted by Gasteiger charge is -2.36. The lowest BCUT2D eigenvalue weighted by Crippen LogP contribution is -2.54. The third-order valence-corrected chi connectivity index (χ3v) is 8.03. The Balaban J connectivity index is 1.61. The molecule has 0 atom stereocenters. The van der Waals surface area contributed by atoms with Gasteiger partial charge in [0.25, 0.3) is 10.2 Å². The van der Waals surface area contributed by atoms with Crippen LogP contribution in [0.2, 0.25) is 0 Å². The summed E-state index contributed by atoms with van der Waals surface area (Å²) in [6.07, 6.45) is 0.273. The standard InChI is InChI=1S/C20H30N6O3S2/c1-4-24(5-2)31(28,29)25-13-11-23(12-14-25)18(27)9-10-26-19(21-22-20(26)30)17-8-6-7-16(3)15-17/h6-8,15H,4-5,9-14H2,1-3H3,(H,22,30). The Morgan fingerprint density at radius 2 is 1.87 bits per heavy atom. The summed E-state index contributed by atoms with van der Waals surface area (Å²) in [4.78, 5) is 14.5. The SMILES string of the molecule is CCN(CC)S(=O)(=O)N1CCN(C(=O)CCn2c(-c3cccc(C)c3)n[nH]c2=S)CC1. The highest BCUT2D eigenvalue weighted by molar-refractivity contribution is 7.86. The number of piperazine rings is 1. The molecule has 9 nitrogen and oxygen atoms in total. The summed E-state index contributed by atoms with van der Waals surface area (Å²) >= 11 is 5.36. The highest BCUT2D eigenvalue weighted by Gasteiger charge is 2.32. The van der Waals surface area contributed by atoms with Crippen molar-refractivity contribution in [3.63, 3.8) is 0 Å². The second kappa shape index (κ2) is 10.0. The summed E-state index contributed by atoms with van der Waals surface area (Å²) in [5.41, 5.74) is 2.06. The van der Waals surface area contributed by atoms with Crippen LogP contribution >= 0.6 is 12.2 Å². The number of aryl methyl sites for hydroxylation is 1. The van der Waals surface area contributed by atoms with Crippen LogP contribution in [0.5, 0.6) is 0 Å². The highest BCUT2D eigenvalue weighted by Crippen LogP contribution is 2.19. The fourth-order valence-electron chi connectivity index (χ4n) is 3.78. The number of H-pyrrole nitrogens is 1. The first-order valence-corrected chi connectivity index (χ1v) is 12.3. The van der Waals surface area contributed by atoms with Crippen molar-refractivity contribution in [2.24, 2.45) is 0 Å². The number of nitrogens with one attached hydrogen (secondary N) is 1. The van der Waals surface area contributed by atoms with Gasteiger partial charge in [-0.25, -0.2) is 0 Å². The van der Waals surface area contributed by atoms with E-state index >= 15 is 0 Å². The summed E-state index contributed by atoms with van der Waals surface area (Å²) in [5.74, 6) is 0.690. The average molecular weight is 467 g/mol. The third kappa shape index (κ3) is 5.22. The van der Waals surface area contributed by atoms with Crippen molar-refractivity contribution < 1.29 is 13.2 Å². The second-order valence-corrected chi connectivity index (χ2v) is 9.81. The number of aromatic amines is 1. The van der Waals surface area contributed by atoms with Gasteiger partial charge in [0.1, 0.15) is 0 Å². The van der Waals surface area contributed by atoms with Gasteiger partial charge in [-0.1, -0.05) is 37.6 Å². The number of benzene rings is 1. The molecule has 0 unspecified atom stereocenters. The van der Waals surface area contributed by atoms with Crippen molar-refractivity contribution >= 4 is 28.3 Å². The number of nitrogens with zero attached hydrogens (tertiary/aromatic N) is 5. The van der Waals surface area contributed by atoms with Gasteiger partial charge in [-0.05, 0) is 25.2 Å². The molecule has 11 heteroatoms. The number of hydrogen-bond donors (Lipinski definition) is 1. The Morgan fingerprint density at radius 1 is 1.19 bits per heavy atom. The van der Waals surface area contributed by atoms with Gasteiger partial charge < -0.3 is 4.90 Å². The Morgan fingerprint density at radius 3 is 2.48 bits per heavy atom. The van der Waals surface area contributed by atoms with Crippen molar-refractivity contribution in [3.05, 3.63) is 34.6 Å². The second-order valence-electron chi connectivity index (χ2n) is 7.50. The van der Waals surface area contributed by atoms with Gasteiger partial charge >= 0.3 is 0 Å². The molecule has 1 saturated heterocycles. The Bertz CT molecular complexity index is 1070. The number of carbonyl (C=O) groups excluding carboxylic acids is 1. The zero-order chi connectivity index (χ0) is 22.6. The smallest absolute Gasteiger partial charge is 0.282 e. The van der Waals surface area contributed by atoms with E-state index in [1.165, 1.54) is 8.61 Å². The molecule has 0 bridgehead atoms. The van der Waals surface area contributed by atoms with E-state index in [0.717, 1.165) is 11.1 Å². The minimum absolute atomic E-state index is 0.0156. The van der Waals surface area contributed by atoms with E-state index in [1.54, 1.807) is 4.90 Å². The van der Waals surface area contributed by atoms with Gasteiger partial charge in [0, 0.05) is 57.8 Å². The maximum atomic E-state index is 12.8. The molecule has 2 aromatic rings. The van der Waals surface area contributed by atoms with Gasteiger partial charge in [-0.2, -0.15) is 22.1 Å². The molecule has 31 heavy (non-hydrogen) atoms.